The number of para-hydroxylation sites is 3. The van der Waals surface area contributed by atoms with Gasteiger partial charge in [0.15, 0.2) is 5.82 Å². The number of benzene rings is 7. The first-order valence-corrected chi connectivity index (χ1v) is 17.6. The van der Waals surface area contributed by atoms with Crippen molar-refractivity contribution in [1.29, 1.82) is 0 Å². The Bertz CT molecular complexity index is 2950. The predicted octanol–water partition coefficient (Wildman–Crippen LogP) is 12.3. The summed E-state index contributed by atoms with van der Waals surface area (Å²) in [4.78, 5) is 20.4. The van der Waals surface area contributed by atoms with Crippen LogP contribution in [-0.4, -0.2) is 19.9 Å². The van der Waals surface area contributed by atoms with E-state index in [0.29, 0.717) is 11.5 Å². The van der Waals surface area contributed by atoms with E-state index in [1.807, 2.05) is 78.9 Å². The lowest BCUT2D eigenvalue weighted by atomic mass is 9.95. The molecule has 7 aromatic carbocycles. The zero-order valence-corrected chi connectivity index (χ0v) is 28.5. The molecule has 0 amide bonds. The number of furan rings is 1. The first-order valence-electron chi connectivity index (χ1n) is 17.6. The van der Waals surface area contributed by atoms with Gasteiger partial charge in [-0.15, -0.1) is 0 Å². The Morgan fingerprint density at radius 2 is 0.774 bits per heavy atom. The van der Waals surface area contributed by atoms with Crippen molar-refractivity contribution in [3.8, 4) is 67.4 Å². The molecule has 10 aromatic rings. The van der Waals surface area contributed by atoms with Gasteiger partial charge in [0.25, 0.3) is 0 Å². The standard InChI is InChI=1S/C48H30N4O/c1-3-14-31(15-4-1)44-43-39-24-7-10-27-42(39)53-48(43)52-47(51-44)38-23-13-21-36(30-38)34-19-11-18-33(28-34)35-20-12-22-37(29-35)46-45(32-16-5-2-6-17-32)49-40-25-8-9-26-41(40)50-46/h1-30H. The van der Waals surface area contributed by atoms with Crippen molar-refractivity contribution in [2.45, 2.75) is 0 Å². The van der Waals surface area contributed by atoms with Crippen molar-refractivity contribution in [3.63, 3.8) is 0 Å². The first kappa shape index (κ1) is 30.6. The largest absolute Gasteiger partial charge is 0.438 e. The van der Waals surface area contributed by atoms with E-state index >= 15 is 0 Å². The van der Waals surface area contributed by atoms with Crippen LogP contribution in [0.2, 0.25) is 0 Å². The zero-order valence-electron chi connectivity index (χ0n) is 28.5. The SMILES string of the molecule is c1ccc(-c2nc3ccccc3nc2-c2cccc(-c3cccc(-c4cccc(-c5nc(-c6ccccc6)c6c(n5)oc5ccccc56)c4)c3)c2)cc1. The van der Waals surface area contributed by atoms with Crippen molar-refractivity contribution in [1.82, 2.24) is 19.9 Å². The van der Waals surface area contributed by atoms with Gasteiger partial charge < -0.3 is 4.42 Å². The second kappa shape index (κ2) is 12.8. The van der Waals surface area contributed by atoms with Crippen LogP contribution in [0.4, 0.5) is 0 Å². The minimum atomic E-state index is 0.578. The number of rotatable bonds is 6. The number of fused-ring (bicyclic) bond motifs is 4. The van der Waals surface area contributed by atoms with Gasteiger partial charge in [0.2, 0.25) is 5.71 Å². The van der Waals surface area contributed by atoms with Crippen molar-refractivity contribution in [2.75, 3.05) is 0 Å². The topological polar surface area (TPSA) is 64.7 Å². The van der Waals surface area contributed by atoms with E-state index in [9.17, 15) is 0 Å². The van der Waals surface area contributed by atoms with E-state index < -0.39 is 0 Å². The van der Waals surface area contributed by atoms with Crippen LogP contribution in [0.5, 0.6) is 0 Å². The third-order valence-corrected chi connectivity index (χ3v) is 9.69. The summed E-state index contributed by atoms with van der Waals surface area (Å²) in [7, 11) is 0. The Labute approximate surface area is 305 Å². The third kappa shape index (κ3) is 5.61. The molecule has 5 nitrogen and oxygen atoms in total. The van der Waals surface area contributed by atoms with Crippen molar-refractivity contribution < 1.29 is 4.42 Å². The summed E-state index contributed by atoms with van der Waals surface area (Å²) in [5.41, 5.74) is 14.1. The molecule has 3 heterocycles. The van der Waals surface area contributed by atoms with Crippen LogP contribution >= 0.6 is 0 Å². The molecule has 0 radical (unpaired) electrons. The highest BCUT2D eigenvalue weighted by Gasteiger charge is 2.19. The lowest BCUT2D eigenvalue weighted by molar-refractivity contribution is 0.653. The lowest BCUT2D eigenvalue weighted by Gasteiger charge is -2.12. The number of hydrogen-bond donors (Lipinski definition) is 0. The minimum absolute atomic E-state index is 0.578. The normalized spacial score (nSPS) is 11.4. The number of hydrogen-bond acceptors (Lipinski definition) is 5. The van der Waals surface area contributed by atoms with Gasteiger partial charge in [-0.3, -0.25) is 0 Å². The molecule has 0 saturated heterocycles. The molecule has 0 spiro atoms. The Hall–Kier alpha value is -7.24. The van der Waals surface area contributed by atoms with E-state index in [-0.39, 0.29) is 0 Å². The number of nitrogens with zero attached hydrogens (tertiary/aromatic N) is 4. The van der Waals surface area contributed by atoms with Crippen molar-refractivity contribution >= 4 is 33.1 Å². The van der Waals surface area contributed by atoms with Crippen LogP contribution in [0.3, 0.4) is 0 Å². The Morgan fingerprint density at radius 1 is 0.321 bits per heavy atom. The maximum absolute atomic E-state index is 6.29. The lowest BCUT2D eigenvalue weighted by Crippen LogP contribution is -1.95. The van der Waals surface area contributed by atoms with Gasteiger partial charge >= 0.3 is 0 Å². The molecule has 3 aromatic heterocycles. The van der Waals surface area contributed by atoms with Crippen LogP contribution in [-0.2, 0) is 0 Å². The summed E-state index contributed by atoms with van der Waals surface area (Å²) >= 11 is 0. The van der Waals surface area contributed by atoms with E-state index in [4.69, 9.17) is 24.4 Å². The molecule has 0 atom stereocenters. The molecular formula is C48H30N4O. The second-order valence-electron chi connectivity index (χ2n) is 13.1. The van der Waals surface area contributed by atoms with Gasteiger partial charge in [0.1, 0.15) is 5.58 Å². The molecule has 5 heteroatoms. The fourth-order valence-corrected chi connectivity index (χ4v) is 7.12. The maximum atomic E-state index is 6.29. The fourth-order valence-electron chi connectivity index (χ4n) is 7.12. The van der Waals surface area contributed by atoms with Gasteiger partial charge in [-0.1, -0.05) is 146 Å². The van der Waals surface area contributed by atoms with E-state index in [0.717, 1.165) is 89.0 Å². The fraction of sp³-hybridized carbons (Fsp3) is 0. The third-order valence-electron chi connectivity index (χ3n) is 9.69. The molecule has 0 bridgehead atoms. The average Bonchev–Trinajstić information content (AvgIpc) is 3.62. The summed E-state index contributed by atoms with van der Waals surface area (Å²) in [6.45, 7) is 0. The molecule has 53 heavy (non-hydrogen) atoms. The predicted molar refractivity (Wildman–Crippen MR) is 215 cm³/mol. The van der Waals surface area contributed by atoms with Crippen LogP contribution in [0.15, 0.2) is 186 Å². The molecule has 0 N–H and O–H groups in total. The van der Waals surface area contributed by atoms with Crippen LogP contribution in [0.1, 0.15) is 0 Å². The van der Waals surface area contributed by atoms with Gasteiger partial charge in [-0.25, -0.2) is 15.0 Å². The molecular weight excluding hydrogens is 649 g/mol. The molecule has 0 aliphatic heterocycles. The highest BCUT2D eigenvalue weighted by molar-refractivity contribution is 6.10. The summed E-state index contributed by atoms with van der Waals surface area (Å²) in [5.74, 6) is 0.617. The van der Waals surface area contributed by atoms with Crippen LogP contribution in [0.25, 0.3) is 101 Å². The summed E-state index contributed by atoms with van der Waals surface area (Å²) in [5, 5.41) is 1.93. The number of aromatic nitrogens is 4. The molecule has 0 unspecified atom stereocenters. The van der Waals surface area contributed by atoms with Crippen molar-refractivity contribution in [2.24, 2.45) is 0 Å². The monoisotopic (exact) mass is 678 g/mol. The summed E-state index contributed by atoms with van der Waals surface area (Å²) in [6, 6.07) is 62.3. The molecule has 248 valence electrons. The Morgan fingerprint density at radius 3 is 1.42 bits per heavy atom. The van der Waals surface area contributed by atoms with Gasteiger partial charge in [-0.2, -0.15) is 4.98 Å². The van der Waals surface area contributed by atoms with Crippen LogP contribution in [0, 0.1) is 0 Å². The van der Waals surface area contributed by atoms with Crippen molar-refractivity contribution in [3.05, 3.63) is 182 Å². The average molecular weight is 679 g/mol. The first-order chi connectivity index (χ1) is 26.2. The van der Waals surface area contributed by atoms with E-state index in [1.165, 1.54) is 0 Å². The quantitative estimate of drug-likeness (QED) is 0.175. The molecule has 0 fully saturated rings. The Kier molecular flexibility index (Phi) is 7.40. The molecule has 10 rings (SSSR count). The molecule has 0 aliphatic carbocycles. The van der Waals surface area contributed by atoms with Gasteiger partial charge in [0, 0.05) is 27.6 Å². The zero-order chi connectivity index (χ0) is 35.1. The van der Waals surface area contributed by atoms with E-state index in [2.05, 4.69) is 103 Å². The smallest absolute Gasteiger partial charge is 0.231 e. The highest BCUT2D eigenvalue weighted by atomic mass is 16.3. The summed E-state index contributed by atoms with van der Waals surface area (Å²) in [6.07, 6.45) is 0. The van der Waals surface area contributed by atoms with E-state index in [1.54, 1.807) is 0 Å². The highest BCUT2D eigenvalue weighted by Crippen LogP contribution is 2.38. The molecule has 0 saturated carbocycles. The Balaban J connectivity index is 1.05. The van der Waals surface area contributed by atoms with Gasteiger partial charge in [0.05, 0.1) is 33.5 Å². The second-order valence-corrected chi connectivity index (χ2v) is 13.1. The molecule has 0 aliphatic rings. The minimum Gasteiger partial charge on any atom is -0.438 e. The van der Waals surface area contributed by atoms with Crippen LogP contribution < -0.4 is 0 Å². The maximum Gasteiger partial charge on any atom is 0.231 e. The van der Waals surface area contributed by atoms with Gasteiger partial charge in [-0.05, 0) is 58.7 Å². The summed E-state index contributed by atoms with van der Waals surface area (Å²) < 4.78 is 6.29.